The average Bonchev–Trinajstić information content (AvgIpc) is 2.42. The molecule has 0 amide bonds. The van der Waals surface area contributed by atoms with E-state index in [9.17, 15) is 0 Å². The number of benzene rings is 1. The molecule has 1 aromatic rings. The fourth-order valence-corrected chi connectivity index (χ4v) is 2.23. The highest BCUT2D eigenvalue weighted by molar-refractivity contribution is 6.63. The predicted molar refractivity (Wildman–Crippen MR) is 57.5 cm³/mol. The third kappa shape index (κ3) is 1.54. The van der Waals surface area contributed by atoms with Crippen molar-refractivity contribution in [3.05, 3.63) is 23.8 Å². The lowest BCUT2D eigenvalue weighted by Gasteiger charge is -2.26. The Hall–Kier alpha value is -0.995. The van der Waals surface area contributed by atoms with E-state index >= 15 is 0 Å². The first-order valence-electron chi connectivity index (χ1n) is 5.36. The van der Waals surface area contributed by atoms with Gasteiger partial charge in [0, 0.05) is 11.6 Å². The van der Waals surface area contributed by atoms with Crippen LogP contribution in [0.3, 0.4) is 0 Å². The van der Waals surface area contributed by atoms with Crippen molar-refractivity contribution in [2.24, 2.45) is 0 Å². The molecule has 0 radical (unpaired) electrons. The van der Waals surface area contributed by atoms with Crippen LogP contribution in [0.5, 0.6) is 5.75 Å². The molecule has 0 aromatic heterocycles. The number of hydrogen-bond acceptors (Lipinski definition) is 3. The van der Waals surface area contributed by atoms with E-state index in [1.54, 1.807) is 0 Å². The van der Waals surface area contributed by atoms with E-state index in [1.807, 2.05) is 12.1 Å². The zero-order valence-corrected chi connectivity index (χ0v) is 8.73. The topological polar surface area (TPSA) is 27.7 Å². The van der Waals surface area contributed by atoms with Crippen molar-refractivity contribution in [3.63, 3.8) is 0 Å². The summed E-state index contributed by atoms with van der Waals surface area (Å²) in [5.74, 6) is 0.918. The van der Waals surface area contributed by atoms with Gasteiger partial charge in [-0.3, -0.25) is 0 Å². The average molecular weight is 204 g/mol. The van der Waals surface area contributed by atoms with Gasteiger partial charge in [0.2, 0.25) is 0 Å². The Morgan fingerprint density at radius 3 is 3.20 bits per heavy atom. The summed E-state index contributed by atoms with van der Waals surface area (Å²) >= 11 is 0. The lowest BCUT2D eigenvalue weighted by atomic mass is 9.71. The first kappa shape index (κ1) is 9.25. The van der Waals surface area contributed by atoms with Gasteiger partial charge in [0.1, 0.15) is 12.4 Å². The Morgan fingerprint density at radius 2 is 2.27 bits per heavy atom. The Labute approximate surface area is 89.5 Å². The molecule has 0 aliphatic carbocycles. The highest BCUT2D eigenvalue weighted by Crippen LogP contribution is 2.21. The summed E-state index contributed by atoms with van der Waals surface area (Å²) in [5, 5.41) is 0. The molecule has 0 N–H and O–H groups in total. The van der Waals surface area contributed by atoms with Gasteiger partial charge in [0.25, 0.3) is 0 Å². The van der Waals surface area contributed by atoms with Gasteiger partial charge in [-0.05, 0) is 25.0 Å². The van der Waals surface area contributed by atoms with Gasteiger partial charge >= 0.3 is 7.12 Å². The van der Waals surface area contributed by atoms with Crippen LogP contribution < -0.4 is 10.2 Å². The molecule has 3 nitrogen and oxygen atoms in total. The van der Waals surface area contributed by atoms with Crippen LogP contribution in [0, 0.1) is 0 Å². The molecule has 0 fully saturated rings. The van der Waals surface area contributed by atoms with Crippen LogP contribution in [0.25, 0.3) is 0 Å². The summed E-state index contributed by atoms with van der Waals surface area (Å²) in [7, 11) is -0.234. The zero-order chi connectivity index (χ0) is 10.3. The maximum Gasteiger partial charge on any atom is 0.498 e. The van der Waals surface area contributed by atoms with Crippen molar-refractivity contribution in [2.75, 3.05) is 13.2 Å². The van der Waals surface area contributed by atoms with Gasteiger partial charge in [-0.25, -0.2) is 0 Å². The van der Waals surface area contributed by atoms with Crippen LogP contribution >= 0.6 is 0 Å². The molecule has 3 rings (SSSR count). The number of rotatable bonds is 0. The molecule has 2 heterocycles. The first-order chi connectivity index (χ1) is 7.34. The van der Waals surface area contributed by atoms with Crippen molar-refractivity contribution in [2.45, 2.75) is 19.4 Å². The molecule has 0 unspecified atom stereocenters. The molecule has 2 aliphatic rings. The van der Waals surface area contributed by atoms with Gasteiger partial charge in [0.05, 0.1) is 6.61 Å². The largest absolute Gasteiger partial charge is 0.498 e. The molecule has 15 heavy (non-hydrogen) atoms. The molecule has 78 valence electrons. The van der Waals surface area contributed by atoms with Crippen LogP contribution in [-0.2, 0) is 15.7 Å². The van der Waals surface area contributed by atoms with Crippen molar-refractivity contribution < 1.29 is 14.0 Å². The van der Waals surface area contributed by atoms with E-state index in [0.29, 0.717) is 13.2 Å². The number of hydrogen-bond donors (Lipinski definition) is 0. The normalized spacial score (nSPS) is 24.1. The van der Waals surface area contributed by atoms with Gasteiger partial charge in [-0.2, -0.15) is 0 Å². The van der Waals surface area contributed by atoms with E-state index in [-0.39, 0.29) is 13.2 Å². The molecule has 0 bridgehead atoms. The fraction of sp³-hybridized carbons (Fsp3) is 0.455. The maximum atomic E-state index is 5.77. The van der Waals surface area contributed by atoms with E-state index in [4.69, 9.17) is 14.0 Å². The van der Waals surface area contributed by atoms with Crippen LogP contribution in [0.1, 0.15) is 12.5 Å². The minimum atomic E-state index is -0.234. The smallest absolute Gasteiger partial charge is 0.492 e. The van der Waals surface area contributed by atoms with Crippen LogP contribution in [0.2, 0.25) is 0 Å². The molecule has 0 saturated heterocycles. The third-order valence-electron chi connectivity index (χ3n) is 2.87. The van der Waals surface area contributed by atoms with Gasteiger partial charge in [0.15, 0.2) is 0 Å². The molecule has 1 aromatic carbocycles. The summed E-state index contributed by atoms with van der Waals surface area (Å²) in [6.07, 6.45) is 1.16. The molecule has 0 spiro atoms. The van der Waals surface area contributed by atoms with Crippen LogP contribution in [-0.4, -0.2) is 26.4 Å². The molecule has 4 heteroatoms. The van der Waals surface area contributed by atoms with Gasteiger partial charge in [-0.15, -0.1) is 0 Å². The summed E-state index contributed by atoms with van der Waals surface area (Å²) in [4.78, 5) is 0. The predicted octanol–water partition coefficient (Wildman–Crippen LogP) is 0.752. The standard InChI is InChI=1S/C11H13BO3/c1-8-7-9-3-2-4-10-11(9)12(15-8)14-6-5-13-10/h2-4,8H,5-7H2,1H3/t8-/m1/s1. The van der Waals surface area contributed by atoms with Gasteiger partial charge in [-0.1, -0.05) is 12.1 Å². The quantitative estimate of drug-likeness (QED) is 0.583. The second kappa shape index (κ2) is 3.54. The van der Waals surface area contributed by atoms with Crippen molar-refractivity contribution >= 4 is 12.6 Å². The Morgan fingerprint density at radius 1 is 1.33 bits per heavy atom. The molecule has 1 atom stereocenters. The highest BCUT2D eigenvalue weighted by atomic mass is 16.6. The van der Waals surface area contributed by atoms with Crippen molar-refractivity contribution in [1.82, 2.24) is 0 Å². The third-order valence-corrected chi connectivity index (χ3v) is 2.87. The monoisotopic (exact) mass is 204 g/mol. The first-order valence-corrected chi connectivity index (χ1v) is 5.36. The number of ether oxygens (including phenoxy) is 1. The minimum absolute atomic E-state index is 0.218. The fourth-order valence-electron chi connectivity index (χ4n) is 2.23. The summed E-state index contributed by atoms with van der Waals surface area (Å²) < 4.78 is 17.0. The molecule has 0 saturated carbocycles. The highest BCUT2D eigenvalue weighted by Gasteiger charge is 2.35. The van der Waals surface area contributed by atoms with E-state index in [1.165, 1.54) is 5.56 Å². The summed E-state index contributed by atoms with van der Waals surface area (Å²) in [6, 6.07) is 6.15. The Bertz CT molecular complexity index is 380. The Kier molecular flexibility index (Phi) is 2.18. The SMILES string of the molecule is C[C@@H]1Cc2cccc3c2B(OCCO3)O1. The van der Waals surface area contributed by atoms with E-state index < -0.39 is 0 Å². The van der Waals surface area contributed by atoms with Crippen LogP contribution in [0.15, 0.2) is 18.2 Å². The van der Waals surface area contributed by atoms with E-state index in [2.05, 4.69) is 13.0 Å². The summed E-state index contributed by atoms with van der Waals surface area (Å²) in [6.45, 7) is 3.26. The molecule has 2 aliphatic heterocycles. The van der Waals surface area contributed by atoms with Crippen molar-refractivity contribution in [3.8, 4) is 5.75 Å². The van der Waals surface area contributed by atoms with E-state index in [0.717, 1.165) is 17.6 Å². The lowest BCUT2D eigenvalue weighted by molar-refractivity contribution is 0.141. The maximum absolute atomic E-state index is 5.77. The molecular weight excluding hydrogens is 191 g/mol. The second-order valence-corrected chi connectivity index (χ2v) is 4.03. The lowest BCUT2D eigenvalue weighted by Crippen LogP contribution is -2.46. The molecular formula is C11H13BO3. The minimum Gasteiger partial charge on any atom is -0.492 e. The zero-order valence-electron chi connectivity index (χ0n) is 8.73. The Balaban J connectivity index is 2.11. The second-order valence-electron chi connectivity index (χ2n) is 4.03. The summed E-state index contributed by atoms with van der Waals surface area (Å²) in [5.41, 5.74) is 2.38. The van der Waals surface area contributed by atoms with Crippen molar-refractivity contribution in [1.29, 1.82) is 0 Å². The van der Waals surface area contributed by atoms with Gasteiger partial charge < -0.3 is 14.0 Å². The van der Waals surface area contributed by atoms with Crippen LogP contribution in [0.4, 0.5) is 0 Å².